The molecule has 1 saturated carbocycles. The van der Waals surface area contributed by atoms with Crippen LogP contribution in [0, 0.1) is 9.49 Å². The van der Waals surface area contributed by atoms with E-state index in [0.29, 0.717) is 11.5 Å². The van der Waals surface area contributed by atoms with Gasteiger partial charge >= 0.3 is 0 Å². The number of hydrogen-bond acceptors (Lipinski definition) is 3. The van der Waals surface area contributed by atoms with Crippen LogP contribution in [0.5, 0.6) is 5.75 Å². The monoisotopic (exact) mass is 358 g/mol. The van der Waals surface area contributed by atoms with E-state index in [1.54, 1.807) is 25.3 Å². The molecule has 0 radical (unpaired) electrons. The average molecular weight is 358 g/mol. The van der Waals surface area contributed by atoms with E-state index >= 15 is 0 Å². The Balaban J connectivity index is 2.04. The summed E-state index contributed by atoms with van der Waals surface area (Å²) in [5, 5.41) is 4.12. The number of rotatable bonds is 4. The van der Waals surface area contributed by atoms with Gasteiger partial charge in [-0.25, -0.2) is 5.43 Å². The lowest BCUT2D eigenvalue weighted by Crippen LogP contribution is -2.19. The SMILES string of the molecule is COc1ccc(C(=O)N/N=C(\C)C2CC2)cc1I. The third-order valence-electron chi connectivity index (χ3n) is 2.92. The van der Waals surface area contributed by atoms with Crippen molar-refractivity contribution >= 4 is 34.2 Å². The van der Waals surface area contributed by atoms with Gasteiger partial charge in [0, 0.05) is 11.3 Å². The maximum Gasteiger partial charge on any atom is 0.271 e. The maximum absolute atomic E-state index is 11.9. The first kappa shape index (κ1) is 13.3. The highest BCUT2D eigenvalue weighted by atomic mass is 127. The lowest BCUT2D eigenvalue weighted by Gasteiger charge is -2.05. The van der Waals surface area contributed by atoms with Crippen LogP contribution in [-0.4, -0.2) is 18.7 Å². The minimum atomic E-state index is -0.185. The van der Waals surface area contributed by atoms with E-state index in [0.717, 1.165) is 15.0 Å². The Labute approximate surface area is 120 Å². The van der Waals surface area contributed by atoms with Gasteiger partial charge < -0.3 is 4.74 Å². The van der Waals surface area contributed by atoms with Crippen LogP contribution in [0.1, 0.15) is 30.1 Å². The van der Waals surface area contributed by atoms with Crippen LogP contribution in [0.25, 0.3) is 0 Å². The number of carbonyl (C=O) groups excluding carboxylic acids is 1. The minimum Gasteiger partial charge on any atom is -0.496 e. The first-order chi connectivity index (χ1) is 8.61. The first-order valence-corrected chi connectivity index (χ1v) is 6.87. The molecule has 5 heteroatoms. The van der Waals surface area contributed by atoms with Crippen molar-refractivity contribution in [2.45, 2.75) is 19.8 Å². The number of ether oxygens (including phenoxy) is 1. The second-order valence-corrected chi connectivity index (χ2v) is 5.48. The van der Waals surface area contributed by atoms with Crippen molar-refractivity contribution in [1.29, 1.82) is 0 Å². The van der Waals surface area contributed by atoms with Crippen LogP contribution in [-0.2, 0) is 0 Å². The third-order valence-corrected chi connectivity index (χ3v) is 3.76. The maximum atomic E-state index is 11.9. The van der Waals surface area contributed by atoms with Gasteiger partial charge in [-0.05, 0) is 66.5 Å². The quantitative estimate of drug-likeness (QED) is 0.511. The van der Waals surface area contributed by atoms with E-state index in [-0.39, 0.29) is 5.91 Å². The highest BCUT2D eigenvalue weighted by Gasteiger charge is 2.24. The molecule has 0 atom stereocenters. The Morgan fingerprint density at radius 1 is 1.50 bits per heavy atom. The molecule has 1 fully saturated rings. The zero-order valence-electron chi connectivity index (χ0n) is 10.4. The molecule has 1 amide bonds. The standard InChI is InChI=1S/C13H15IN2O2/c1-8(9-3-4-9)15-16-13(17)10-5-6-12(18-2)11(14)7-10/h5-7,9H,3-4H2,1-2H3,(H,16,17)/b15-8+. The number of benzene rings is 1. The van der Waals surface area contributed by atoms with Gasteiger partial charge in [-0.2, -0.15) is 5.10 Å². The molecule has 1 aromatic rings. The molecule has 0 bridgehead atoms. The fourth-order valence-corrected chi connectivity index (χ4v) is 2.34. The highest BCUT2D eigenvalue weighted by molar-refractivity contribution is 14.1. The molecule has 1 aliphatic rings. The normalized spacial score (nSPS) is 15.4. The zero-order chi connectivity index (χ0) is 13.1. The summed E-state index contributed by atoms with van der Waals surface area (Å²) in [5.41, 5.74) is 4.19. The average Bonchev–Trinajstić information content (AvgIpc) is 3.19. The summed E-state index contributed by atoms with van der Waals surface area (Å²) in [6.07, 6.45) is 2.37. The molecule has 1 N–H and O–H groups in total. The summed E-state index contributed by atoms with van der Waals surface area (Å²) in [5.74, 6) is 1.15. The van der Waals surface area contributed by atoms with E-state index in [1.165, 1.54) is 12.8 Å². The minimum absolute atomic E-state index is 0.185. The van der Waals surface area contributed by atoms with Gasteiger partial charge in [0.2, 0.25) is 0 Å². The van der Waals surface area contributed by atoms with Crippen molar-refractivity contribution in [3.05, 3.63) is 27.3 Å². The molecule has 0 unspecified atom stereocenters. The van der Waals surface area contributed by atoms with Crippen molar-refractivity contribution in [2.24, 2.45) is 11.0 Å². The summed E-state index contributed by atoms with van der Waals surface area (Å²) in [7, 11) is 1.61. The van der Waals surface area contributed by atoms with E-state index < -0.39 is 0 Å². The number of amides is 1. The van der Waals surface area contributed by atoms with E-state index in [4.69, 9.17) is 4.74 Å². The van der Waals surface area contributed by atoms with Crippen LogP contribution >= 0.6 is 22.6 Å². The number of nitrogens with zero attached hydrogens (tertiary/aromatic N) is 1. The fraction of sp³-hybridized carbons (Fsp3) is 0.385. The Morgan fingerprint density at radius 3 is 2.78 bits per heavy atom. The lowest BCUT2D eigenvalue weighted by molar-refractivity contribution is 0.0954. The largest absolute Gasteiger partial charge is 0.496 e. The van der Waals surface area contributed by atoms with Gasteiger partial charge in [-0.1, -0.05) is 0 Å². The number of halogens is 1. The first-order valence-electron chi connectivity index (χ1n) is 5.80. The Bertz CT molecular complexity index is 496. The van der Waals surface area contributed by atoms with Gasteiger partial charge in [0.1, 0.15) is 5.75 Å². The molecule has 18 heavy (non-hydrogen) atoms. The predicted octanol–water partition coefficient (Wildman–Crippen LogP) is 2.82. The molecule has 2 rings (SSSR count). The zero-order valence-corrected chi connectivity index (χ0v) is 12.5. The molecule has 0 saturated heterocycles. The summed E-state index contributed by atoms with van der Waals surface area (Å²) in [4.78, 5) is 11.9. The summed E-state index contributed by atoms with van der Waals surface area (Å²) >= 11 is 2.14. The molecule has 0 heterocycles. The molecule has 0 spiro atoms. The van der Waals surface area contributed by atoms with Crippen LogP contribution in [0.3, 0.4) is 0 Å². The summed E-state index contributed by atoms with van der Waals surface area (Å²) in [6, 6.07) is 5.31. The molecular formula is C13H15IN2O2. The van der Waals surface area contributed by atoms with Gasteiger partial charge in [0.15, 0.2) is 0 Å². The smallest absolute Gasteiger partial charge is 0.271 e. The van der Waals surface area contributed by atoms with Crippen molar-refractivity contribution in [3.8, 4) is 5.75 Å². The van der Waals surface area contributed by atoms with Crippen molar-refractivity contribution < 1.29 is 9.53 Å². The number of hydrogen-bond donors (Lipinski definition) is 1. The van der Waals surface area contributed by atoms with Crippen LogP contribution in [0.2, 0.25) is 0 Å². The molecule has 1 aromatic carbocycles. The van der Waals surface area contributed by atoms with Crippen LogP contribution in [0.15, 0.2) is 23.3 Å². The van der Waals surface area contributed by atoms with E-state index in [9.17, 15) is 4.79 Å². The molecule has 0 aliphatic heterocycles. The predicted molar refractivity (Wildman–Crippen MR) is 79.0 cm³/mol. The summed E-state index contributed by atoms with van der Waals surface area (Å²) in [6.45, 7) is 1.95. The number of carbonyl (C=O) groups is 1. The third kappa shape index (κ3) is 3.22. The van der Waals surface area contributed by atoms with Crippen LogP contribution < -0.4 is 10.2 Å². The molecule has 1 aliphatic carbocycles. The number of hydrazone groups is 1. The molecular weight excluding hydrogens is 343 g/mol. The van der Waals surface area contributed by atoms with Gasteiger partial charge in [-0.3, -0.25) is 4.79 Å². The lowest BCUT2D eigenvalue weighted by atomic mass is 10.2. The highest BCUT2D eigenvalue weighted by Crippen LogP contribution is 2.30. The number of methoxy groups -OCH3 is 1. The molecule has 96 valence electrons. The Kier molecular flexibility index (Phi) is 4.21. The van der Waals surface area contributed by atoms with Gasteiger partial charge in [-0.15, -0.1) is 0 Å². The fourth-order valence-electron chi connectivity index (χ4n) is 1.60. The van der Waals surface area contributed by atoms with Gasteiger partial charge in [0.05, 0.1) is 10.7 Å². The van der Waals surface area contributed by atoms with E-state index in [1.807, 2.05) is 6.92 Å². The summed E-state index contributed by atoms with van der Waals surface area (Å²) < 4.78 is 6.06. The second kappa shape index (κ2) is 5.69. The van der Waals surface area contributed by atoms with Crippen molar-refractivity contribution in [2.75, 3.05) is 7.11 Å². The van der Waals surface area contributed by atoms with Crippen molar-refractivity contribution in [1.82, 2.24) is 5.43 Å². The van der Waals surface area contributed by atoms with Gasteiger partial charge in [0.25, 0.3) is 5.91 Å². The Morgan fingerprint density at radius 2 is 2.22 bits per heavy atom. The molecule has 0 aromatic heterocycles. The van der Waals surface area contributed by atoms with E-state index in [2.05, 4.69) is 33.1 Å². The second-order valence-electron chi connectivity index (χ2n) is 4.32. The molecule has 4 nitrogen and oxygen atoms in total. The Hall–Kier alpha value is -1.11. The van der Waals surface area contributed by atoms with Crippen molar-refractivity contribution in [3.63, 3.8) is 0 Å². The topological polar surface area (TPSA) is 50.7 Å². The number of nitrogens with one attached hydrogen (secondary N) is 1. The van der Waals surface area contributed by atoms with Crippen LogP contribution in [0.4, 0.5) is 0 Å².